The number of hydrogen-bond donors (Lipinski definition) is 2. The summed E-state index contributed by atoms with van der Waals surface area (Å²) in [4.78, 5) is 36.0. The van der Waals surface area contributed by atoms with E-state index in [9.17, 15) is 14.4 Å². The summed E-state index contributed by atoms with van der Waals surface area (Å²) < 4.78 is 0. The van der Waals surface area contributed by atoms with Crippen molar-refractivity contribution in [2.75, 3.05) is 23.8 Å². The molecule has 2 N–H and O–H groups in total. The molecule has 0 saturated heterocycles. The van der Waals surface area contributed by atoms with Crippen molar-refractivity contribution < 1.29 is 14.4 Å². The van der Waals surface area contributed by atoms with Crippen LogP contribution in [0.3, 0.4) is 0 Å². The molecule has 3 amide bonds. The van der Waals surface area contributed by atoms with Gasteiger partial charge >= 0.3 is 11.8 Å². The Labute approximate surface area is 117 Å². The van der Waals surface area contributed by atoms with Crippen LogP contribution in [-0.2, 0) is 20.8 Å². The smallest absolute Gasteiger partial charge is 0.313 e. The van der Waals surface area contributed by atoms with Crippen LogP contribution in [0.1, 0.15) is 18.9 Å². The van der Waals surface area contributed by atoms with Crippen molar-refractivity contribution in [2.24, 2.45) is 0 Å². The lowest BCUT2D eigenvalue weighted by molar-refractivity contribution is -0.135. The molecule has 0 unspecified atom stereocenters. The number of amides is 3. The van der Waals surface area contributed by atoms with Crippen molar-refractivity contribution in [2.45, 2.75) is 19.8 Å². The number of carbonyl (C=O) groups is 3. The summed E-state index contributed by atoms with van der Waals surface area (Å²) in [5.74, 6) is -1.45. The molecule has 0 saturated carbocycles. The first-order valence-corrected chi connectivity index (χ1v) is 6.47. The molecule has 0 aliphatic carbocycles. The van der Waals surface area contributed by atoms with E-state index >= 15 is 0 Å². The van der Waals surface area contributed by atoms with Crippen LogP contribution in [-0.4, -0.2) is 31.3 Å². The SMILES string of the molecule is CNC(=O)C(=O)Nc1ccc2c(c1)N(C(C)=O)CCC2. The molecule has 1 heterocycles. The van der Waals surface area contributed by atoms with Gasteiger partial charge in [-0.1, -0.05) is 6.07 Å². The van der Waals surface area contributed by atoms with Gasteiger partial charge in [0.2, 0.25) is 5.91 Å². The summed E-state index contributed by atoms with van der Waals surface area (Å²) in [5, 5.41) is 4.77. The zero-order valence-corrected chi connectivity index (χ0v) is 11.5. The molecule has 0 bridgehead atoms. The average molecular weight is 275 g/mol. The monoisotopic (exact) mass is 275 g/mol. The molecular formula is C14H17N3O3. The molecular weight excluding hydrogens is 258 g/mol. The molecule has 0 fully saturated rings. The number of aryl methyl sites for hydroxylation is 1. The first-order chi connectivity index (χ1) is 9.52. The van der Waals surface area contributed by atoms with Crippen LogP contribution in [0, 0.1) is 0 Å². The topological polar surface area (TPSA) is 78.5 Å². The van der Waals surface area contributed by atoms with Gasteiger partial charge < -0.3 is 15.5 Å². The summed E-state index contributed by atoms with van der Waals surface area (Å²) in [5.41, 5.74) is 2.38. The highest BCUT2D eigenvalue weighted by Gasteiger charge is 2.21. The molecule has 1 aliphatic heterocycles. The Kier molecular flexibility index (Phi) is 4.02. The Morgan fingerprint density at radius 1 is 1.20 bits per heavy atom. The third-order valence-electron chi connectivity index (χ3n) is 3.28. The van der Waals surface area contributed by atoms with Crippen LogP contribution < -0.4 is 15.5 Å². The van der Waals surface area contributed by atoms with Gasteiger partial charge in [0, 0.05) is 31.9 Å². The van der Waals surface area contributed by atoms with E-state index in [-0.39, 0.29) is 5.91 Å². The molecule has 6 heteroatoms. The number of benzene rings is 1. The van der Waals surface area contributed by atoms with E-state index < -0.39 is 11.8 Å². The molecule has 1 aromatic carbocycles. The van der Waals surface area contributed by atoms with Gasteiger partial charge in [-0.3, -0.25) is 14.4 Å². The van der Waals surface area contributed by atoms with Gasteiger partial charge in [-0.25, -0.2) is 0 Å². The predicted octanol–water partition coefficient (Wildman–Crippen LogP) is 0.670. The van der Waals surface area contributed by atoms with Gasteiger partial charge in [-0.15, -0.1) is 0 Å². The summed E-state index contributed by atoms with van der Waals surface area (Å²) in [6.45, 7) is 2.19. The first kappa shape index (κ1) is 14.0. The number of anilines is 2. The Morgan fingerprint density at radius 3 is 2.60 bits per heavy atom. The fourth-order valence-corrected chi connectivity index (χ4v) is 2.28. The molecule has 20 heavy (non-hydrogen) atoms. The molecule has 2 rings (SSSR count). The van der Waals surface area contributed by atoms with Crippen LogP contribution in [0.5, 0.6) is 0 Å². The number of nitrogens with zero attached hydrogens (tertiary/aromatic N) is 1. The molecule has 106 valence electrons. The van der Waals surface area contributed by atoms with Gasteiger partial charge in [0.05, 0.1) is 0 Å². The van der Waals surface area contributed by atoms with Gasteiger partial charge in [0.1, 0.15) is 0 Å². The van der Waals surface area contributed by atoms with E-state index in [0.29, 0.717) is 12.2 Å². The fourth-order valence-electron chi connectivity index (χ4n) is 2.28. The van der Waals surface area contributed by atoms with Crippen molar-refractivity contribution in [3.8, 4) is 0 Å². The molecule has 1 aliphatic rings. The lowest BCUT2D eigenvalue weighted by atomic mass is 10.0. The lowest BCUT2D eigenvalue weighted by Gasteiger charge is -2.29. The molecule has 6 nitrogen and oxygen atoms in total. The minimum atomic E-state index is -0.724. The molecule has 0 aromatic heterocycles. The maximum atomic E-state index is 11.6. The van der Waals surface area contributed by atoms with Gasteiger partial charge in [-0.05, 0) is 30.5 Å². The summed E-state index contributed by atoms with van der Waals surface area (Å²) in [6, 6.07) is 5.35. The second-order valence-electron chi connectivity index (χ2n) is 4.65. The number of rotatable bonds is 1. The standard InChI is InChI=1S/C14H17N3O3/c1-9(18)17-7-3-4-10-5-6-11(8-12(10)17)16-14(20)13(19)15-2/h5-6,8H,3-4,7H2,1-2H3,(H,15,19)(H,16,20). The minimum Gasteiger partial charge on any atom is -0.351 e. The highest BCUT2D eigenvalue weighted by molar-refractivity contribution is 6.39. The van der Waals surface area contributed by atoms with E-state index in [2.05, 4.69) is 10.6 Å². The van der Waals surface area contributed by atoms with Gasteiger partial charge in [0.15, 0.2) is 0 Å². The fraction of sp³-hybridized carbons (Fsp3) is 0.357. The molecule has 1 aromatic rings. The van der Waals surface area contributed by atoms with Crippen LogP contribution in [0.4, 0.5) is 11.4 Å². The minimum absolute atomic E-state index is 0.0271. The zero-order valence-electron chi connectivity index (χ0n) is 11.5. The summed E-state index contributed by atoms with van der Waals surface area (Å²) >= 11 is 0. The summed E-state index contributed by atoms with van der Waals surface area (Å²) in [7, 11) is 1.40. The van der Waals surface area contributed by atoms with E-state index in [4.69, 9.17) is 0 Å². The maximum absolute atomic E-state index is 11.6. The van der Waals surface area contributed by atoms with Gasteiger partial charge in [-0.2, -0.15) is 0 Å². The Hall–Kier alpha value is -2.37. The largest absolute Gasteiger partial charge is 0.351 e. The van der Waals surface area contributed by atoms with Crippen LogP contribution in [0.25, 0.3) is 0 Å². The molecule has 0 atom stereocenters. The number of fused-ring (bicyclic) bond motifs is 1. The number of likely N-dealkylation sites (N-methyl/N-ethyl adjacent to an activating group) is 1. The maximum Gasteiger partial charge on any atom is 0.313 e. The highest BCUT2D eigenvalue weighted by Crippen LogP contribution is 2.30. The zero-order chi connectivity index (χ0) is 14.7. The Morgan fingerprint density at radius 2 is 1.95 bits per heavy atom. The molecule has 0 radical (unpaired) electrons. The quantitative estimate of drug-likeness (QED) is 0.739. The van der Waals surface area contributed by atoms with E-state index in [1.54, 1.807) is 17.0 Å². The van der Waals surface area contributed by atoms with Crippen LogP contribution in [0.15, 0.2) is 18.2 Å². The third kappa shape index (κ3) is 2.79. The normalized spacial score (nSPS) is 13.4. The van der Waals surface area contributed by atoms with Crippen molar-refractivity contribution in [1.29, 1.82) is 0 Å². The molecule has 0 spiro atoms. The van der Waals surface area contributed by atoms with E-state index in [1.807, 2.05) is 6.07 Å². The van der Waals surface area contributed by atoms with Crippen molar-refractivity contribution in [3.63, 3.8) is 0 Å². The average Bonchev–Trinajstić information content (AvgIpc) is 2.45. The predicted molar refractivity (Wildman–Crippen MR) is 75.5 cm³/mol. The number of carbonyl (C=O) groups excluding carboxylic acids is 3. The highest BCUT2D eigenvalue weighted by atomic mass is 16.2. The van der Waals surface area contributed by atoms with Crippen molar-refractivity contribution in [3.05, 3.63) is 23.8 Å². The lowest BCUT2D eigenvalue weighted by Crippen LogP contribution is -2.34. The number of nitrogens with one attached hydrogen (secondary N) is 2. The second kappa shape index (κ2) is 5.73. The van der Waals surface area contributed by atoms with Gasteiger partial charge in [0.25, 0.3) is 0 Å². The van der Waals surface area contributed by atoms with Crippen LogP contribution in [0.2, 0.25) is 0 Å². The second-order valence-corrected chi connectivity index (χ2v) is 4.65. The first-order valence-electron chi connectivity index (χ1n) is 6.47. The van der Waals surface area contributed by atoms with E-state index in [0.717, 1.165) is 24.1 Å². The Balaban J connectivity index is 2.26. The van der Waals surface area contributed by atoms with Crippen LogP contribution >= 0.6 is 0 Å². The van der Waals surface area contributed by atoms with Crippen molar-refractivity contribution in [1.82, 2.24) is 5.32 Å². The third-order valence-corrected chi connectivity index (χ3v) is 3.28. The number of hydrogen-bond acceptors (Lipinski definition) is 3. The Bertz CT molecular complexity index is 569. The summed E-state index contributed by atoms with van der Waals surface area (Å²) in [6.07, 6.45) is 1.83. The van der Waals surface area contributed by atoms with Crippen molar-refractivity contribution >= 4 is 29.1 Å². The van der Waals surface area contributed by atoms with E-state index in [1.165, 1.54) is 14.0 Å².